The van der Waals surface area contributed by atoms with Gasteiger partial charge in [0.2, 0.25) is 17.7 Å². The fraction of sp³-hybridized carbons (Fsp3) is 0.760. The van der Waals surface area contributed by atoms with Crippen LogP contribution in [-0.2, 0) is 23.9 Å². The van der Waals surface area contributed by atoms with Gasteiger partial charge in [-0.2, -0.15) is 0 Å². The van der Waals surface area contributed by atoms with Crippen LogP contribution in [0.4, 0.5) is 13.6 Å². The number of hydrogen-bond acceptors (Lipinski definition) is 7. The van der Waals surface area contributed by atoms with Gasteiger partial charge < -0.3 is 30.1 Å². The fourth-order valence-corrected chi connectivity index (χ4v) is 4.88. The Labute approximate surface area is 215 Å². The van der Waals surface area contributed by atoms with Crippen molar-refractivity contribution in [2.75, 3.05) is 13.2 Å². The van der Waals surface area contributed by atoms with Gasteiger partial charge in [0.25, 0.3) is 0 Å². The number of alkyl halides is 2. The van der Waals surface area contributed by atoms with Crippen molar-refractivity contribution in [3.63, 3.8) is 0 Å². The summed E-state index contributed by atoms with van der Waals surface area (Å²) in [7, 11) is 0. The van der Waals surface area contributed by atoms with Crippen molar-refractivity contribution in [3.05, 3.63) is 12.2 Å². The maximum absolute atomic E-state index is 14.7. The quantitative estimate of drug-likeness (QED) is 0.376. The molecule has 12 heteroatoms. The van der Waals surface area contributed by atoms with Crippen LogP contribution in [0, 0.1) is 5.92 Å². The monoisotopic (exact) mass is 529 g/mol. The molecule has 3 amide bonds. The lowest BCUT2D eigenvalue weighted by atomic mass is 10.0. The number of halogens is 2. The summed E-state index contributed by atoms with van der Waals surface area (Å²) in [5.41, 5.74) is -2.44. The predicted octanol–water partition coefficient (Wildman–Crippen LogP) is 2.05. The van der Waals surface area contributed by atoms with Gasteiger partial charge in [0.1, 0.15) is 23.2 Å². The fourth-order valence-electron chi connectivity index (χ4n) is 4.88. The largest absolute Gasteiger partial charge is 0.464 e. The van der Waals surface area contributed by atoms with Gasteiger partial charge in [0, 0.05) is 31.7 Å². The number of ether oxygens (including phenoxy) is 2. The number of nitrogens with zero attached hydrogens (tertiary/aromatic N) is 1. The zero-order valence-corrected chi connectivity index (χ0v) is 21.7. The Hall–Kier alpha value is -2.76. The molecule has 0 aromatic carbocycles. The molecule has 10 nitrogen and oxygen atoms in total. The maximum Gasteiger partial charge on any atom is 0.408 e. The Morgan fingerprint density at radius 3 is 2.59 bits per heavy atom. The first-order valence-corrected chi connectivity index (χ1v) is 12.7. The molecule has 0 radical (unpaired) electrons. The number of fused-ring (bicyclic) bond motifs is 2. The molecule has 37 heavy (non-hydrogen) atoms. The van der Waals surface area contributed by atoms with Crippen LogP contribution in [0.25, 0.3) is 0 Å². The molecule has 208 valence electrons. The smallest absolute Gasteiger partial charge is 0.408 e. The van der Waals surface area contributed by atoms with Crippen LogP contribution >= 0.6 is 0 Å². The number of nitrogens with one attached hydrogen (secondary N) is 2. The van der Waals surface area contributed by atoms with E-state index in [1.54, 1.807) is 27.7 Å². The van der Waals surface area contributed by atoms with Crippen LogP contribution in [-0.4, -0.2) is 82.3 Å². The van der Waals surface area contributed by atoms with E-state index in [0.717, 1.165) is 4.90 Å². The van der Waals surface area contributed by atoms with Crippen LogP contribution in [0.2, 0.25) is 0 Å². The van der Waals surface area contributed by atoms with Crippen LogP contribution in [0.1, 0.15) is 66.2 Å². The lowest BCUT2D eigenvalue weighted by Gasteiger charge is -2.30. The molecule has 0 aromatic heterocycles. The number of amides is 3. The van der Waals surface area contributed by atoms with E-state index in [2.05, 4.69) is 10.6 Å². The van der Waals surface area contributed by atoms with E-state index in [1.165, 1.54) is 12.2 Å². The highest BCUT2D eigenvalue weighted by atomic mass is 19.3. The molecule has 0 unspecified atom stereocenters. The summed E-state index contributed by atoms with van der Waals surface area (Å²) in [6, 6.07) is -2.32. The van der Waals surface area contributed by atoms with Gasteiger partial charge in [0.15, 0.2) is 0 Å². The Kier molecular flexibility index (Phi) is 8.50. The van der Waals surface area contributed by atoms with Gasteiger partial charge in [-0.15, -0.1) is 0 Å². The number of esters is 1. The first-order valence-electron chi connectivity index (χ1n) is 12.7. The SMILES string of the molecule is CCOC(=O)[C@@]12C[C@H]1CC(F)(F)CCC=CC[C@H](NC(=O)OC(C)(C)C)C(=O)N1C[C@H](O)C[C@H]1C(=O)N2. The molecule has 1 saturated heterocycles. The number of aliphatic hydroxyl groups is 1. The molecule has 3 aliphatic rings. The Bertz CT molecular complexity index is 936. The summed E-state index contributed by atoms with van der Waals surface area (Å²) in [4.78, 5) is 53.1. The molecule has 3 rings (SSSR count). The van der Waals surface area contributed by atoms with Gasteiger partial charge in [0.05, 0.1) is 12.7 Å². The number of aliphatic hydroxyl groups excluding tert-OH is 1. The van der Waals surface area contributed by atoms with Crippen molar-refractivity contribution >= 4 is 23.9 Å². The van der Waals surface area contributed by atoms with Crippen LogP contribution in [0.5, 0.6) is 0 Å². The predicted molar refractivity (Wildman–Crippen MR) is 127 cm³/mol. The number of hydrogen-bond donors (Lipinski definition) is 3. The van der Waals surface area contributed by atoms with E-state index in [0.29, 0.717) is 0 Å². The molecule has 3 N–H and O–H groups in total. The summed E-state index contributed by atoms with van der Waals surface area (Å²) >= 11 is 0. The first-order chi connectivity index (χ1) is 17.2. The summed E-state index contributed by atoms with van der Waals surface area (Å²) < 4.78 is 39.8. The molecule has 2 fully saturated rings. The summed E-state index contributed by atoms with van der Waals surface area (Å²) in [5, 5.41) is 15.4. The maximum atomic E-state index is 14.7. The second-order valence-corrected chi connectivity index (χ2v) is 11.0. The molecular weight excluding hydrogens is 492 g/mol. The lowest BCUT2D eigenvalue weighted by molar-refractivity contribution is -0.150. The molecule has 2 heterocycles. The van der Waals surface area contributed by atoms with Gasteiger partial charge in [-0.3, -0.25) is 9.59 Å². The van der Waals surface area contributed by atoms with Gasteiger partial charge in [-0.1, -0.05) is 12.2 Å². The minimum absolute atomic E-state index is 0.00491. The third-order valence-electron chi connectivity index (χ3n) is 6.71. The number of alkyl carbamates (subject to hydrolysis) is 1. The normalized spacial score (nSPS) is 32.2. The van der Waals surface area contributed by atoms with E-state index < -0.39 is 77.9 Å². The Morgan fingerprint density at radius 2 is 1.95 bits per heavy atom. The summed E-state index contributed by atoms with van der Waals surface area (Å²) in [5.74, 6) is -6.09. The second kappa shape index (κ2) is 10.9. The lowest BCUT2D eigenvalue weighted by Crippen LogP contribution is -2.56. The third kappa shape index (κ3) is 7.18. The molecule has 0 spiro atoms. The van der Waals surface area contributed by atoms with Crippen LogP contribution < -0.4 is 10.6 Å². The zero-order chi connectivity index (χ0) is 27.6. The Balaban J connectivity index is 1.91. The second-order valence-electron chi connectivity index (χ2n) is 11.0. The van der Waals surface area contributed by atoms with Crippen molar-refractivity contribution < 1.29 is 42.5 Å². The van der Waals surface area contributed by atoms with Crippen molar-refractivity contribution in [3.8, 4) is 0 Å². The highest BCUT2D eigenvalue weighted by molar-refractivity contribution is 5.96. The first kappa shape index (κ1) is 28.8. The average Bonchev–Trinajstić information content (AvgIpc) is 3.28. The van der Waals surface area contributed by atoms with Gasteiger partial charge in [-0.05, 0) is 47.0 Å². The number of rotatable bonds is 3. The standard InChI is InChI=1S/C25H37F2N3O7/c1-5-36-21(34)25-13-15(25)12-24(26,27)10-8-6-7-9-17(28-22(35)37-23(2,3)4)20(33)30-14-16(31)11-18(30)19(32)29-25/h6-7,15-18,31H,5,8-14H2,1-4H3,(H,28,35)(H,29,32)/t15-,16-,17+,18+,25-/m1/s1. The molecule has 1 aliphatic carbocycles. The molecule has 0 aromatic rings. The minimum atomic E-state index is -3.09. The van der Waals surface area contributed by atoms with E-state index in [-0.39, 0.29) is 38.8 Å². The average molecular weight is 530 g/mol. The van der Waals surface area contributed by atoms with E-state index >= 15 is 0 Å². The van der Waals surface area contributed by atoms with Crippen molar-refractivity contribution in [2.45, 2.75) is 101 Å². The number of allylic oxidation sites excluding steroid dienone is 1. The highest BCUT2D eigenvalue weighted by Crippen LogP contribution is 2.51. The minimum Gasteiger partial charge on any atom is -0.464 e. The number of carbonyl (C=O) groups is 4. The molecule has 1 saturated carbocycles. The Morgan fingerprint density at radius 1 is 1.24 bits per heavy atom. The van der Waals surface area contributed by atoms with Crippen molar-refractivity contribution in [1.82, 2.24) is 15.5 Å². The van der Waals surface area contributed by atoms with Gasteiger partial charge >= 0.3 is 12.1 Å². The topological polar surface area (TPSA) is 134 Å². The van der Waals surface area contributed by atoms with Crippen molar-refractivity contribution in [2.24, 2.45) is 5.92 Å². The van der Waals surface area contributed by atoms with E-state index in [9.17, 15) is 33.1 Å². The summed E-state index contributed by atoms with van der Waals surface area (Å²) in [6.45, 7) is 6.40. The molecule has 0 bridgehead atoms. The number of carbonyl (C=O) groups excluding carboxylic acids is 4. The highest BCUT2D eigenvalue weighted by Gasteiger charge is 2.65. The van der Waals surface area contributed by atoms with Gasteiger partial charge in [-0.25, -0.2) is 18.4 Å². The van der Waals surface area contributed by atoms with Crippen LogP contribution in [0.15, 0.2) is 12.2 Å². The van der Waals surface area contributed by atoms with Crippen LogP contribution in [0.3, 0.4) is 0 Å². The van der Waals surface area contributed by atoms with E-state index in [4.69, 9.17) is 9.47 Å². The zero-order valence-electron chi connectivity index (χ0n) is 21.7. The molecule has 5 atom stereocenters. The van der Waals surface area contributed by atoms with E-state index in [1.807, 2.05) is 0 Å². The summed E-state index contributed by atoms with van der Waals surface area (Å²) in [6.07, 6.45) is -0.0451. The molecule has 2 aliphatic heterocycles. The third-order valence-corrected chi connectivity index (χ3v) is 6.71. The van der Waals surface area contributed by atoms with Crippen molar-refractivity contribution in [1.29, 1.82) is 0 Å². The molecular formula is C25H37F2N3O7.